The number of hydrogen-bond donors (Lipinski definition) is 1. The quantitative estimate of drug-likeness (QED) is 0.705. The van der Waals surface area contributed by atoms with E-state index >= 15 is 0 Å². The van der Waals surface area contributed by atoms with Gasteiger partial charge in [0.05, 0.1) is 23.3 Å². The molecule has 3 aromatic rings. The summed E-state index contributed by atoms with van der Waals surface area (Å²) in [6.07, 6.45) is 0. The van der Waals surface area contributed by atoms with Crippen LogP contribution >= 0.6 is 0 Å². The lowest BCUT2D eigenvalue weighted by atomic mass is 10.3. The predicted molar refractivity (Wildman–Crippen MR) is 95.1 cm³/mol. The first-order valence-corrected chi connectivity index (χ1v) is 9.33. The lowest BCUT2D eigenvalue weighted by Gasteiger charge is -2.13. The summed E-state index contributed by atoms with van der Waals surface area (Å²) >= 11 is 0. The molecule has 0 saturated heterocycles. The van der Waals surface area contributed by atoms with Gasteiger partial charge < -0.3 is 15.2 Å². The van der Waals surface area contributed by atoms with Gasteiger partial charge in [0.25, 0.3) is 0 Å². The first kappa shape index (κ1) is 17.1. The van der Waals surface area contributed by atoms with Crippen molar-refractivity contribution in [2.24, 2.45) is 0 Å². The molecular weight excluding hydrogens is 342 g/mol. The van der Waals surface area contributed by atoms with Gasteiger partial charge in [-0.05, 0) is 12.1 Å². The van der Waals surface area contributed by atoms with Gasteiger partial charge in [0.2, 0.25) is 26.9 Å². The predicted octanol–water partition coefficient (Wildman–Crippen LogP) is 0.711. The second-order valence-electron chi connectivity index (χ2n) is 5.68. The summed E-state index contributed by atoms with van der Waals surface area (Å²) in [4.78, 5) is 18.5. The van der Waals surface area contributed by atoms with Gasteiger partial charge in [-0.1, -0.05) is 19.1 Å². The van der Waals surface area contributed by atoms with E-state index in [1.807, 2.05) is 18.2 Å². The van der Waals surface area contributed by atoms with Crippen LogP contribution in [0.4, 0.5) is 11.9 Å². The van der Waals surface area contributed by atoms with Gasteiger partial charge in [-0.2, -0.15) is 15.0 Å². The average molecular weight is 361 g/mol. The van der Waals surface area contributed by atoms with Crippen molar-refractivity contribution in [2.75, 3.05) is 30.5 Å². The van der Waals surface area contributed by atoms with Crippen molar-refractivity contribution >= 4 is 32.8 Å². The van der Waals surface area contributed by atoms with Gasteiger partial charge in [-0.25, -0.2) is 13.4 Å². The Labute approximate surface area is 145 Å². The number of nitrogens with zero attached hydrogens (tertiary/aromatic N) is 6. The zero-order valence-corrected chi connectivity index (χ0v) is 15.0. The maximum atomic E-state index is 12.5. The van der Waals surface area contributed by atoms with Crippen molar-refractivity contribution in [3.8, 4) is 0 Å². The Morgan fingerprint density at radius 2 is 1.84 bits per heavy atom. The number of rotatable bonds is 5. The second-order valence-corrected chi connectivity index (χ2v) is 7.85. The first-order valence-electron chi connectivity index (χ1n) is 7.67. The standard InChI is InChI=1S/C15H19N7O2S/c1-4-25(23,24)15-17-10-7-5-6-8-11(10)22(15)9-12-18-13(16)20-14(19-12)21(2)3/h5-8H,4,9H2,1-3H3,(H2,16,18,19,20). The van der Waals surface area contributed by atoms with E-state index in [1.165, 1.54) is 0 Å². The minimum Gasteiger partial charge on any atom is -0.368 e. The van der Waals surface area contributed by atoms with Crippen LogP contribution in [0.3, 0.4) is 0 Å². The van der Waals surface area contributed by atoms with Crippen LogP contribution in [0, 0.1) is 0 Å². The first-order chi connectivity index (χ1) is 11.8. The molecule has 0 aliphatic carbocycles. The smallest absolute Gasteiger partial charge is 0.229 e. The molecule has 0 amide bonds. The third kappa shape index (κ3) is 3.25. The van der Waals surface area contributed by atoms with Crippen molar-refractivity contribution in [3.63, 3.8) is 0 Å². The van der Waals surface area contributed by atoms with Crippen LogP contribution in [-0.2, 0) is 16.4 Å². The zero-order valence-electron chi connectivity index (χ0n) is 14.2. The summed E-state index contributed by atoms with van der Waals surface area (Å²) in [5.74, 6) is 0.815. The van der Waals surface area contributed by atoms with E-state index in [0.717, 1.165) is 0 Å². The highest BCUT2D eigenvalue weighted by atomic mass is 32.2. The minimum absolute atomic E-state index is 0.00147. The normalized spacial score (nSPS) is 11.8. The van der Waals surface area contributed by atoms with E-state index < -0.39 is 9.84 Å². The topological polar surface area (TPSA) is 120 Å². The molecule has 25 heavy (non-hydrogen) atoms. The Bertz CT molecular complexity index is 1030. The van der Waals surface area contributed by atoms with Gasteiger partial charge in [0.1, 0.15) is 0 Å². The molecule has 0 radical (unpaired) electrons. The Morgan fingerprint density at radius 3 is 2.52 bits per heavy atom. The highest BCUT2D eigenvalue weighted by Crippen LogP contribution is 2.21. The van der Waals surface area contributed by atoms with E-state index in [2.05, 4.69) is 19.9 Å². The maximum absolute atomic E-state index is 12.5. The number of aromatic nitrogens is 5. The van der Waals surface area contributed by atoms with E-state index in [1.54, 1.807) is 36.6 Å². The van der Waals surface area contributed by atoms with E-state index in [9.17, 15) is 8.42 Å². The summed E-state index contributed by atoms with van der Waals surface area (Å²) < 4.78 is 26.5. The summed E-state index contributed by atoms with van der Waals surface area (Å²) in [5, 5.41) is 0.00147. The number of nitrogen functional groups attached to an aromatic ring is 1. The molecule has 0 unspecified atom stereocenters. The number of nitrogens with two attached hydrogens (primary N) is 1. The molecule has 0 atom stereocenters. The van der Waals surface area contributed by atoms with Crippen LogP contribution in [0.5, 0.6) is 0 Å². The van der Waals surface area contributed by atoms with Gasteiger partial charge >= 0.3 is 0 Å². The molecule has 0 aliphatic heterocycles. The molecule has 0 fully saturated rings. The third-order valence-corrected chi connectivity index (χ3v) is 5.29. The zero-order chi connectivity index (χ0) is 18.2. The Balaban J connectivity index is 2.17. The molecule has 2 N–H and O–H groups in total. The van der Waals surface area contributed by atoms with E-state index in [0.29, 0.717) is 22.8 Å². The fourth-order valence-electron chi connectivity index (χ4n) is 2.41. The second kappa shape index (κ2) is 6.28. The summed E-state index contributed by atoms with van der Waals surface area (Å²) in [6, 6.07) is 7.23. The highest BCUT2D eigenvalue weighted by Gasteiger charge is 2.23. The molecule has 3 rings (SSSR count). The van der Waals surface area contributed by atoms with Crippen LogP contribution in [-0.4, -0.2) is 52.8 Å². The summed E-state index contributed by atoms with van der Waals surface area (Å²) in [7, 11) is 0.0713. The SMILES string of the molecule is CCS(=O)(=O)c1nc2ccccc2n1Cc1nc(N)nc(N(C)C)n1. The molecule has 10 heteroatoms. The number of imidazole rings is 1. The molecule has 132 valence electrons. The molecule has 1 aromatic carbocycles. The van der Waals surface area contributed by atoms with Crippen LogP contribution in [0.2, 0.25) is 0 Å². The number of para-hydroxylation sites is 2. The molecular formula is C15H19N7O2S. The van der Waals surface area contributed by atoms with Crippen LogP contribution in [0.15, 0.2) is 29.4 Å². The fraction of sp³-hybridized carbons (Fsp3) is 0.333. The molecule has 0 spiro atoms. The number of benzene rings is 1. The minimum atomic E-state index is -3.51. The Kier molecular flexibility index (Phi) is 4.29. The van der Waals surface area contributed by atoms with E-state index in [4.69, 9.17) is 5.73 Å². The number of fused-ring (bicyclic) bond motifs is 1. The highest BCUT2D eigenvalue weighted by molar-refractivity contribution is 7.91. The molecule has 2 aromatic heterocycles. The van der Waals surface area contributed by atoms with Crippen molar-refractivity contribution in [1.29, 1.82) is 0 Å². The largest absolute Gasteiger partial charge is 0.368 e. The number of anilines is 2. The van der Waals surface area contributed by atoms with Crippen LogP contribution in [0.25, 0.3) is 11.0 Å². The molecule has 0 bridgehead atoms. The molecule has 2 heterocycles. The average Bonchev–Trinajstić information content (AvgIpc) is 2.94. The van der Waals surface area contributed by atoms with Crippen molar-refractivity contribution in [2.45, 2.75) is 18.6 Å². The maximum Gasteiger partial charge on any atom is 0.229 e. The van der Waals surface area contributed by atoms with Crippen LogP contribution < -0.4 is 10.6 Å². The molecule has 0 saturated carbocycles. The summed E-state index contributed by atoms with van der Waals surface area (Å²) in [5.41, 5.74) is 7.05. The molecule has 9 nitrogen and oxygen atoms in total. The van der Waals surface area contributed by atoms with Crippen molar-refractivity contribution in [1.82, 2.24) is 24.5 Å². The van der Waals surface area contributed by atoms with Gasteiger partial charge in [0, 0.05) is 14.1 Å². The monoisotopic (exact) mass is 361 g/mol. The van der Waals surface area contributed by atoms with Crippen molar-refractivity contribution < 1.29 is 8.42 Å². The van der Waals surface area contributed by atoms with E-state index in [-0.39, 0.29) is 23.4 Å². The Hall–Kier alpha value is -2.75. The number of hydrogen-bond acceptors (Lipinski definition) is 8. The fourth-order valence-corrected chi connectivity index (χ4v) is 3.40. The van der Waals surface area contributed by atoms with Gasteiger partial charge in [0.15, 0.2) is 5.82 Å². The summed E-state index contributed by atoms with van der Waals surface area (Å²) in [6.45, 7) is 1.72. The van der Waals surface area contributed by atoms with Gasteiger partial charge in [-0.15, -0.1) is 0 Å². The molecule has 0 aliphatic rings. The third-order valence-electron chi connectivity index (χ3n) is 3.66. The van der Waals surface area contributed by atoms with Crippen molar-refractivity contribution in [3.05, 3.63) is 30.1 Å². The number of sulfone groups is 1. The lowest BCUT2D eigenvalue weighted by molar-refractivity contribution is 0.573. The lowest BCUT2D eigenvalue weighted by Crippen LogP contribution is -2.19. The van der Waals surface area contributed by atoms with Crippen LogP contribution in [0.1, 0.15) is 12.7 Å². The Morgan fingerprint density at radius 1 is 1.12 bits per heavy atom. The van der Waals surface area contributed by atoms with Gasteiger partial charge in [-0.3, -0.25) is 0 Å².